The van der Waals surface area contributed by atoms with Gasteiger partial charge in [0.1, 0.15) is 12.1 Å². The van der Waals surface area contributed by atoms with Gasteiger partial charge in [0.15, 0.2) is 6.29 Å². The molecule has 27 heavy (non-hydrogen) atoms. The van der Waals surface area contributed by atoms with Crippen LogP contribution in [0.5, 0.6) is 0 Å². The largest absolute Gasteiger partial charge is 0.464 e. The van der Waals surface area contributed by atoms with E-state index >= 15 is 0 Å². The van der Waals surface area contributed by atoms with Crippen LogP contribution in [0.1, 0.15) is 32.8 Å². The summed E-state index contributed by atoms with van der Waals surface area (Å²) in [5.41, 5.74) is 1.64. The van der Waals surface area contributed by atoms with E-state index in [1.54, 1.807) is 6.92 Å². The van der Waals surface area contributed by atoms with E-state index in [0.29, 0.717) is 25.3 Å². The maximum Gasteiger partial charge on any atom is 0.329 e. The molecule has 1 aromatic carbocycles. The number of carbonyl (C=O) groups excluding carboxylic acids is 2. The Morgan fingerprint density at radius 3 is 2.44 bits per heavy atom. The predicted octanol–water partition coefficient (Wildman–Crippen LogP) is 2.37. The van der Waals surface area contributed by atoms with Crippen LogP contribution < -0.4 is 4.90 Å². The van der Waals surface area contributed by atoms with E-state index in [0.717, 1.165) is 5.56 Å². The third kappa shape index (κ3) is 4.93. The minimum Gasteiger partial charge on any atom is -0.464 e. The Bertz CT molecular complexity index is 658. The van der Waals surface area contributed by atoms with Crippen molar-refractivity contribution in [2.24, 2.45) is 4.99 Å². The first-order valence-electron chi connectivity index (χ1n) is 9.33. The number of carbonyl (C=O) groups is 2. The van der Waals surface area contributed by atoms with Crippen LogP contribution in [-0.4, -0.2) is 56.8 Å². The average Bonchev–Trinajstić information content (AvgIpc) is 3.05. The van der Waals surface area contributed by atoms with Gasteiger partial charge in [0.2, 0.25) is 0 Å². The highest BCUT2D eigenvalue weighted by Gasteiger charge is 2.41. The summed E-state index contributed by atoms with van der Waals surface area (Å²) < 4.78 is 16.3. The van der Waals surface area contributed by atoms with E-state index in [4.69, 9.17) is 14.2 Å². The number of amides is 1. The van der Waals surface area contributed by atoms with Gasteiger partial charge in [-0.1, -0.05) is 18.2 Å². The summed E-state index contributed by atoms with van der Waals surface area (Å²) in [6.45, 7) is 10.2. The summed E-state index contributed by atoms with van der Waals surface area (Å²) in [5.74, 6) is -0.728. The summed E-state index contributed by atoms with van der Waals surface area (Å²) >= 11 is 0. The molecule has 1 aromatic rings. The Morgan fingerprint density at radius 2 is 1.85 bits per heavy atom. The molecule has 0 fully saturated rings. The number of esters is 1. The number of fused-ring (bicyclic) bond motifs is 1. The van der Waals surface area contributed by atoms with Crippen molar-refractivity contribution >= 4 is 24.3 Å². The SMILES string of the molecule is C=NC(CC(OCC)OCC)C(=O)N1c2ccccc2CC1C(=O)OCC. The van der Waals surface area contributed by atoms with Crippen molar-refractivity contribution in [2.75, 3.05) is 24.7 Å². The molecule has 1 aliphatic rings. The molecule has 0 radical (unpaired) electrons. The third-order valence-electron chi connectivity index (χ3n) is 4.40. The van der Waals surface area contributed by atoms with Crippen molar-refractivity contribution in [3.05, 3.63) is 29.8 Å². The van der Waals surface area contributed by atoms with Crippen molar-refractivity contribution in [2.45, 2.75) is 52.0 Å². The van der Waals surface area contributed by atoms with Crippen molar-refractivity contribution in [3.63, 3.8) is 0 Å². The monoisotopic (exact) mass is 376 g/mol. The maximum absolute atomic E-state index is 13.3. The summed E-state index contributed by atoms with van der Waals surface area (Å²) in [7, 11) is 0. The van der Waals surface area contributed by atoms with E-state index in [1.807, 2.05) is 38.1 Å². The van der Waals surface area contributed by atoms with Crippen LogP contribution in [-0.2, 0) is 30.2 Å². The van der Waals surface area contributed by atoms with Gasteiger partial charge in [0.25, 0.3) is 5.91 Å². The van der Waals surface area contributed by atoms with E-state index in [2.05, 4.69) is 11.7 Å². The lowest BCUT2D eigenvalue weighted by molar-refractivity contribution is -0.149. The van der Waals surface area contributed by atoms with Crippen LogP contribution in [0.4, 0.5) is 5.69 Å². The zero-order valence-corrected chi connectivity index (χ0v) is 16.2. The molecule has 0 aliphatic carbocycles. The van der Waals surface area contributed by atoms with Gasteiger partial charge in [-0.25, -0.2) is 4.79 Å². The lowest BCUT2D eigenvalue weighted by atomic mass is 10.1. The van der Waals surface area contributed by atoms with Crippen molar-refractivity contribution in [1.29, 1.82) is 0 Å². The molecule has 0 aromatic heterocycles. The zero-order chi connectivity index (χ0) is 19.8. The normalized spacial score (nSPS) is 16.9. The number of ether oxygens (including phenoxy) is 3. The molecule has 0 spiro atoms. The molecule has 2 unspecified atom stereocenters. The Balaban J connectivity index is 2.27. The van der Waals surface area contributed by atoms with Gasteiger partial charge in [-0.05, 0) is 39.1 Å². The predicted molar refractivity (Wildman–Crippen MR) is 103 cm³/mol. The summed E-state index contributed by atoms with van der Waals surface area (Å²) in [4.78, 5) is 31.2. The fourth-order valence-corrected chi connectivity index (χ4v) is 3.24. The Kier molecular flexibility index (Phi) is 7.94. The number of hydrogen-bond acceptors (Lipinski definition) is 6. The summed E-state index contributed by atoms with van der Waals surface area (Å²) in [6, 6.07) is 5.99. The minimum absolute atomic E-state index is 0.234. The van der Waals surface area contributed by atoms with Crippen molar-refractivity contribution in [3.8, 4) is 0 Å². The van der Waals surface area contributed by atoms with Gasteiger partial charge in [0.05, 0.1) is 6.61 Å². The molecule has 0 saturated carbocycles. The molecule has 1 aliphatic heterocycles. The number of anilines is 1. The van der Waals surface area contributed by atoms with Crippen LogP contribution in [0, 0.1) is 0 Å². The van der Waals surface area contributed by atoms with Gasteiger partial charge in [-0.3, -0.25) is 14.7 Å². The number of aliphatic imine (C=N–C) groups is 1. The minimum atomic E-state index is -0.781. The quantitative estimate of drug-likeness (QED) is 0.356. The molecule has 2 rings (SSSR count). The molecule has 0 N–H and O–H groups in total. The second kappa shape index (κ2) is 10.2. The number of hydrogen-bond donors (Lipinski definition) is 0. The summed E-state index contributed by atoms with van der Waals surface area (Å²) in [6.07, 6.45) is 0.0988. The molecule has 7 nitrogen and oxygen atoms in total. The van der Waals surface area contributed by atoms with Crippen molar-refractivity contribution in [1.82, 2.24) is 0 Å². The number of nitrogens with zero attached hydrogens (tertiary/aromatic N) is 2. The van der Waals surface area contributed by atoms with Crippen LogP contribution in [0.25, 0.3) is 0 Å². The molecule has 1 heterocycles. The number of rotatable bonds is 10. The first-order valence-corrected chi connectivity index (χ1v) is 9.33. The molecule has 7 heteroatoms. The molecule has 148 valence electrons. The Labute approximate surface area is 160 Å². The second-order valence-electron chi connectivity index (χ2n) is 6.08. The number of para-hydroxylation sites is 1. The molecular formula is C20H28N2O5. The number of benzene rings is 1. The van der Waals surface area contributed by atoms with Gasteiger partial charge in [-0.15, -0.1) is 0 Å². The fraction of sp³-hybridized carbons (Fsp3) is 0.550. The van der Waals surface area contributed by atoms with Crippen molar-refractivity contribution < 1.29 is 23.8 Å². The van der Waals surface area contributed by atoms with E-state index in [-0.39, 0.29) is 18.9 Å². The van der Waals surface area contributed by atoms with E-state index in [9.17, 15) is 9.59 Å². The van der Waals surface area contributed by atoms with Gasteiger partial charge in [0, 0.05) is 31.7 Å². The Morgan fingerprint density at radius 1 is 1.19 bits per heavy atom. The molecular weight excluding hydrogens is 348 g/mol. The summed E-state index contributed by atoms with van der Waals surface area (Å²) in [5, 5.41) is 0. The molecule has 1 amide bonds. The average molecular weight is 376 g/mol. The highest BCUT2D eigenvalue weighted by Crippen LogP contribution is 2.34. The lowest BCUT2D eigenvalue weighted by Crippen LogP contribution is -2.48. The smallest absolute Gasteiger partial charge is 0.329 e. The lowest BCUT2D eigenvalue weighted by Gasteiger charge is -2.28. The third-order valence-corrected chi connectivity index (χ3v) is 4.40. The standard InChI is InChI=1S/C20H28N2O5/c1-5-25-18(26-6-2)13-15(21-4)19(23)22-16-11-9-8-10-14(16)12-17(22)20(24)27-7-3/h8-11,15,17-18H,4-7,12-13H2,1-3H3. The Hall–Kier alpha value is -2.25. The topological polar surface area (TPSA) is 77.4 Å². The van der Waals surface area contributed by atoms with Crippen LogP contribution >= 0.6 is 0 Å². The second-order valence-corrected chi connectivity index (χ2v) is 6.08. The fourth-order valence-electron chi connectivity index (χ4n) is 3.24. The van der Waals surface area contributed by atoms with Crippen LogP contribution in [0.2, 0.25) is 0 Å². The molecule has 2 atom stereocenters. The van der Waals surface area contributed by atoms with Crippen LogP contribution in [0.3, 0.4) is 0 Å². The van der Waals surface area contributed by atoms with Gasteiger partial charge < -0.3 is 14.2 Å². The first-order chi connectivity index (χ1) is 13.1. The van der Waals surface area contributed by atoms with E-state index in [1.165, 1.54) is 4.90 Å². The zero-order valence-electron chi connectivity index (χ0n) is 16.2. The van der Waals surface area contributed by atoms with Gasteiger partial charge in [-0.2, -0.15) is 0 Å². The maximum atomic E-state index is 13.3. The first kappa shape index (κ1) is 21.1. The van der Waals surface area contributed by atoms with Gasteiger partial charge >= 0.3 is 5.97 Å². The highest BCUT2D eigenvalue weighted by atomic mass is 16.7. The van der Waals surface area contributed by atoms with Crippen LogP contribution in [0.15, 0.2) is 29.3 Å². The highest BCUT2D eigenvalue weighted by molar-refractivity contribution is 6.05. The molecule has 0 saturated heterocycles. The van der Waals surface area contributed by atoms with E-state index < -0.39 is 24.3 Å². The molecule has 0 bridgehead atoms.